The fourth-order valence-electron chi connectivity index (χ4n) is 6.54. The largest absolute Gasteiger partial charge is 0.472 e. The number of phosphoric acid groups is 1. The molecule has 0 saturated carbocycles. The molecule has 350 valence electrons. The van der Waals surface area contributed by atoms with Gasteiger partial charge in [-0.3, -0.25) is 13.8 Å². The van der Waals surface area contributed by atoms with Crippen LogP contribution in [0.2, 0.25) is 0 Å². The number of carbonyl (C=O) groups is 1. The summed E-state index contributed by atoms with van der Waals surface area (Å²) < 4.78 is 35.1. The lowest BCUT2D eigenvalue weighted by Crippen LogP contribution is -2.37. The Labute approximate surface area is 370 Å². The summed E-state index contributed by atoms with van der Waals surface area (Å²) in [6, 6.07) is 0. The van der Waals surface area contributed by atoms with Crippen molar-refractivity contribution in [1.82, 2.24) is 0 Å². The van der Waals surface area contributed by atoms with Crippen molar-refractivity contribution in [2.45, 2.75) is 206 Å². The minimum Gasteiger partial charge on any atom is -0.457 e. The Hall–Kier alpha value is -1.80. The number of phosphoric ester groups is 1. The highest BCUT2D eigenvalue weighted by Crippen LogP contribution is 2.43. The van der Waals surface area contributed by atoms with Gasteiger partial charge in [-0.25, -0.2) is 4.57 Å². The summed E-state index contributed by atoms with van der Waals surface area (Å²) >= 11 is 0. The summed E-state index contributed by atoms with van der Waals surface area (Å²) in [7, 11) is 1.66. The van der Waals surface area contributed by atoms with Crippen LogP contribution < -0.4 is 0 Å². The molecule has 60 heavy (non-hydrogen) atoms. The summed E-state index contributed by atoms with van der Waals surface area (Å²) in [6.45, 7) is 5.48. The Morgan fingerprint density at radius 2 is 0.967 bits per heavy atom. The van der Waals surface area contributed by atoms with E-state index in [1.165, 1.54) is 109 Å². The first-order chi connectivity index (χ1) is 29.1. The standard InChI is InChI=1S/C51H94NO7P/c1-6-8-10-12-14-16-18-20-21-22-23-24-25-26-27-28-29-30-31-32-33-35-37-39-41-43-46-56-48-50(49-58-60(54,55)57-47-45-52(3,4)5)59-51(53)44-42-40-38-36-34-19-17-15-13-11-9-7-2/h8,10,14-17,20-21,23-24,50H,6-7,9,11-13,18-19,22,25-49H2,1-5H3/p+1/b10-8-,16-14-,17-15-,21-20-,24-23-. The lowest BCUT2D eigenvalue weighted by atomic mass is 10.0. The van der Waals surface area contributed by atoms with Crippen LogP contribution in [0, 0.1) is 0 Å². The molecule has 0 fully saturated rings. The van der Waals surface area contributed by atoms with Crippen molar-refractivity contribution in [2.75, 3.05) is 54.1 Å². The quantitative estimate of drug-likeness (QED) is 0.0214. The first-order valence-electron chi connectivity index (χ1n) is 24.5. The lowest BCUT2D eigenvalue weighted by Gasteiger charge is -2.24. The zero-order chi connectivity index (χ0) is 44.1. The Morgan fingerprint density at radius 3 is 1.47 bits per heavy atom. The molecule has 0 aromatic carbocycles. The van der Waals surface area contributed by atoms with E-state index in [1.54, 1.807) is 0 Å². The number of likely N-dealkylation sites (N-methyl/N-ethyl adjacent to an activating group) is 1. The predicted molar refractivity (Wildman–Crippen MR) is 256 cm³/mol. The Balaban J connectivity index is 4.06. The zero-order valence-corrected chi connectivity index (χ0v) is 40.6. The van der Waals surface area contributed by atoms with Gasteiger partial charge in [0.15, 0.2) is 0 Å². The van der Waals surface area contributed by atoms with Gasteiger partial charge in [0, 0.05) is 13.0 Å². The summed E-state index contributed by atoms with van der Waals surface area (Å²) in [6.07, 6.45) is 55.5. The van der Waals surface area contributed by atoms with Crippen molar-refractivity contribution in [2.24, 2.45) is 0 Å². The maximum atomic E-state index is 12.7. The molecular weight excluding hydrogens is 770 g/mol. The van der Waals surface area contributed by atoms with Crippen molar-refractivity contribution in [3.05, 3.63) is 60.8 Å². The number of unbranched alkanes of at least 4 members (excludes halogenated alkanes) is 21. The van der Waals surface area contributed by atoms with E-state index in [2.05, 4.69) is 74.6 Å². The molecule has 0 aliphatic rings. The third kappa shape index (κ3) is 47.3. The number of esters is 1. The van der Waals surface area contributed by atoms with Gasteiger partial charge in [-0.1, -0.05) is 177 Å². The number of nitrogens with zero attached hydrogens (tertiary/aromatic N) is 1. The Bertz CT molecular complexity index is 1140. The van der Waals surface area contributed by atoms with E-state index in [9.17, 15) is 14.3 Å². The predicted octanol–water partition coefficient (Wildman–Crippen LogP) is 14.9. The summed E-state index contributed by atoms with van der Waals surface area (Å²) in [5.41, 5.74) is 0. The molecule has 0 saturated heterocycles. The van der Waals surface area contributed by atoms with Gasteiger partial charge in [-0.05, 0) is 77.0 Å². The SMILES string of the molecule is CC/C=C\C/C=C\C/C=C\C/C=C\CCCCCCCCCCCCCCCOCC(COP(=O)(O)OCC[N+](C)(C)C)OC(=O)CCCCCCC/C=C\CCCCC. The second-order valence-electron chi connectivity index (χ2n) is 17.5. The number of hydrogen-bond acceptors (Lipinski definition) is 6. The fraction of sp³-hybridized carbons (Fsp3) is 0.784. The molecule has 0 radical (unpaired) electrons. The fourth-order valence-corrected chi connectivity index (χ4v) is 7.28. The van der Waals surface area contributed by atoms with E-state index >= 15 is 0 Å². The highest BCUT2D eigenvalue weighted by Gasteiger charge is 2.26. The van der Waals surface area contributed by atoms with E-state index in [-0.39, 0.29) is 25.8 Å². The van der Waals surface area contributed by atoms with Crippen LogP contribution in [0.15, 0.2) is 60.8 Å². The van der Waals surface area contributed by atoms with Crippen LogP contribution in [0.1, 0.15) is 200 Å². The van der Waals surface area contributed by atoms with Crippen molar-refractivity contribution >= 4 is 13.8 Å². The molecule has 9 heteroatoms. The molecule has 0 aliphatic heterocycles. The first kappa shape index (κ1) is 58.2. The van der Waals surface area contributed by atoms with Crippen molar-refractivity contribution in [1.29, 1.82) is 0 Å². The summed E-state index contributed by atoms with van der Waals surface area (Å²) in [4.78, 5) is 22.9. The van der Waals surface area contributed by atoms with Gasteiger partial charge in [0.1, 0.15) is 19.3 Å². The second kappa shape index (κ2) is 43.8. The van der Waals surface area contributed by atoms with Crippen LogP contribution in [0.3, 0.4) is 0 Å². The van der Waals surface area contributed by atoms with Gasteiger partial charge in [0.25, 0.3) is 0 Å². The van der Waals surface area contributed by atoms with Crippen molar-refractivity contribution in [3.63, 3.8) is 0 Å². The molecule has 0 aromatic rings. The molecule has 0 heterocycles. The monoisotopic (exact) mass is 865 g/mol. The number of rotatable bonds is 45. The number of carbonyl (C=O) groups excluding carboxylic acids is 1. The molecule has 2 unspecified atom stereocenters. The van der Waals surface area contributed by atoms with Crippen LogP contribution in [0.5, 0.6) is 0 Å². The van der Waals surface area contributed by atoms with Crippen LogP contribution in [0.25, 0.3) is 0 Å². The van der Waals surface area contributed by atoms with Gasteiger partial charge in [-0.2, -0.15) is 0 Å². The van der Waals surface area contributed by atoms with Gasteiger partial charge in [0.2, 0.25) is 0 Å². The van der Waals surface area contributed by atoms with Crippen LogP contribution in [-0.4, -0.2) is 75.6 Å². The molecule has 0 spiro atoms. The molecule has 2 atom stereocenters. The Kier molecular flexibility index (Phi) is 42.5. The molecular formula is C51H95NO7P+. The van der Waals surface area contributed by atoms with Crippen LogP contribution in [0.4, 0.5) is 0 Å². The van der Waals surface area contributed by atoms with Gasteiger partial charge in [0.05, 0.1) is 34.4 Å². The van der Waals surface area contributed by atoms with E-state index in [4.69, 9.17) is 18.5 Å². The minimum atomic E-state index is -4.28. The maximum absolute atomic E-state index is 12.7. The van der Waals surface area contributed by atoms with Crippen molar-refractivity contribution < 1.29 is 37.3 Å². The van der Waals surface area contributed by atoms with E-state index in [0.717, 1.165) is 70.6 Å². The topological polar surface area (TPSA) is 91.3 Å². The molecule has 1 N–H and O–H groups in total. The number of allylic oxidation sites excluding steroid dienone is 10. The number of quaternary nitrogens is 1. The molecule has 0 aliphatic carbocycles. The molecule has 0 bridgehead atoms. The molecule has 0 aromatic heterocycles. The average molecular weight is 865 g/mol. The zero-order valence-electron chi connectivity index (χ0n) is 39.7. The number of ether oxygens (including phenoxy) is 2. The molecule has 0 amide bonds. The van der Waals surface area contributed by atoms with E-state index in [0.29, 0.717) is 24.1 Å². The smallest absolute Gasteiger partial charge is 0.457 e. The van der Waals surface area contributed by atoms with Crippen LogP contribution in [-0.2, 0) is 27.9 Å². The van der Waals surface area contributed by atoms with Gasteiger partial charge >= 0.3 is 13.8 Å². The third-order valence-electron chi connectivity index (χ3n) is 10.3. The maximum Gasteiger partial charge on any atom is 0.472 e. The average Bonchev–Trinajstić information content (AvgIpc) is 3.20. The molecule has 0 rings (SSSR count). The highest BCUT2D eigenvalue weighted by atomic mass is 31.2. The molecule has 8 nitrogen and oxygen atoms in total. The normalized spacial score (nSPS) is 14.2. The lowest BCUT2D eigenvalue weighted by molar-refractivity contribution is -0.870. The number of hydrogen-bond donors (Lipinski definition) is 1. The minimum absolute atomic E-state index is 0.0854. The summed E-state index contributed by atoms with van der Waals surface area (Å²) in [5.74, 6) is -0.325. The third-order valence-corrected chi connectivity index (χ3v) is 11.3. The summed E-state index contributed by atoms with van der Waals surface area (Å²) in [5, 5.41) is 0. The first-order valence-corrected chi connectivity index (χ1v) is 26.0. The van der Waals surface area contributed by atoms with Crippen LogP contribution >= 0.6 is 7.82 Å². The van der Waals surface area contributed by atoms with E-state index in [1.807, 2.05) is 21.1 Å². The second-order valence-corrected chi connectivity index (χ2v) is 18.9. The van der Waals surface area contributed by atoms with Gasteiger partial charge < -0.3 is 18.9 Å². The highest BCUT2D eigenvalue weighted by molar-refractivity contribution is 7.47. The Morgan fingerprint density at radius 1 is 0.533 bits per heavy atom. The van der Waals surface area contributed by atoms with E-state index < -0.39 is 13.9 Å². The van der Waals surface area contributed by atoms with Gasteiger partial charge in [-0.15, -0.1) is 0 Å². The van der Waals surface area contributed by atoms with Crippen molar-refractivity contribution in [3.8, 4) is 0 Å².